The maximum Gasteiger partial charge on any atom is 0.361 e. The molecule has 5 heterocycles. The van der Waals surface area contributed by atoms with Crippen molar-refractivity contribution in [2.45, 2.75) is 62.2 Å². The van der Waals surface area contributed by atoms with E-state index in [0.717, 1.165) is 48.7 Å². The lowest BCUT2D eigenvalue weighted by Crippen LogP contribution is -2.58. The van der Waals surface area contributed by atoms with E-state index in [0.29, 0.717) is 50.5 Å². The lowest BCUT2D eigenvalue weighted by atomic mass is 9.89. The number of likely N-dealkylation sites (tertiary alicyclic amines) is 1. The summed E-state index contributed by atoms with van der Waals surface area (Å²) in [5.41, 5.74) is 1.55. The van der Waals surface area contributed by atoms with Crippen LogP contribution < -0.4 is 10.6 Å². The molecule has 54 heavy (non-hydrogen) atoms. The Morgan fingerprint density at radius 3 is 2.56 bits per heavy atom. The molecule has 0 aliphatic carbocycles. The summed E-state index contributed by atoms with van der Waals surface area (Å²) in [5.74, 6) is -2.46. The number of aliphatic hydroxyl groups is 1. The van der Waals surface area contributed by atoms with Gasteiger partial charge in [0.15, 0.2) is 0 Å². The molecule has 7 rings (SSSR count). The average molecular weight is 784 g/mol. The summed E-state index contributed by atoms with van der Waals surface area (Å²) < 4.78 is 31.9. The van der Waals surface area contributed by atoms with Crippen LogP contribution in [-0.4, -0.2) is 99.6 Å². The third-order valence-corrected chi connectivity index (χ3v) is 13.5. The third-order valence-electron chi connectivity index (χ3n) is 9.98. The van der Waals surface area contributed by atoms with E-state index in [4.69, 9.17) is 13.1 Å². The monoisotopic (exact) mass is 783 g/mol. The Labute approximate surface area is 317 Å². The Bertz CT molecular complexity index is 1980. The van der Waals surface area contributed by atoms with Crippen molar-refractivity contribution in [2.24, 2.45) is 0 Å². The van der Waals surface area contributed by atoms with Crippen LogP contribution in [0.25, 0.3) is 0 Å². The van der Waals surface area contributed by atoms with E-state index >= 15 is 0 Å². The van der Waals surface area contributed by atoms with Crippen LogP contribution in [0.1, 0.15) is 70.9 Å². The SMILES string of the molecule is CC(C)c1nc(C(=O)N2CCOC3(CCN(Cc4ccc(F)c(CCNC[C@H](O)c5ccc(O)c6c5S5(OC(=O)C=CC(=O)O5)C(=O)N6)c4)CC3)C2)cs1. The zero-order chi connectivity index (χ0) is 38.2. The van der Waals surface area contributed by atoms with E-state index in [1.165, 1.54) is 29.5 Å². The van der Waals surface area contributed by atoms with Crippen molar-refractivity contribution in [3.8, 4) is 5.75 Å². The number of nitrogens with one attached hydrogen (secondary N) is 2. The third kappa shape index (κ3) is 7.61. The summed E-state index contributed by atoms with van der Waals surface area (Å²) in [6, 6.07) is 7.70. The number of nitrogens with zero attached hydrogens (tertiary/aromatic N) is 3. The van der Waals surface area contributed by atoms with Crippen molar-refractivity contribution in [2.75, 3.05) is 51.2 Å². The van der Waals surface area contributed by atoms with E-state index in [2.05, 4.69) is 34.4 Å². The number of ether oxygens (including phenoxy) is 1. The summed E-state index contributed by atoms with van der Waals surface area (Å²) in [6.07, 6.45) is 2.24. The molecule has 3 aromatic rings. The number of benzene rings is 2. The van der Waals surface area contributed by atoms with Crippen LogP contribution in [0.2, 0.25) is 0 Å². The normalized spacial score (nSPS) is 20.4. The number of piperidine rings is 1. The molecule has 0 bridgehead atoms. The highest BCUT2D eigenvalue weighted by Gasteiger charge is 2.50. The highest BCUT2D eigenvalue weighted by atomic mass is 32.3. The van der Waals surface area contributed by atoms with Crippen molar-refractivity contribution in [3.05, 3.63) is 81.1 Å². The van der Waals surface area contributed by atoms with Gasteiger partial charge in [0.25, 0.3) is 5.91 Å². The maximum absolute atomic E-state index is 14.9. The van der Waals surface area contributed by atoms with E-state index in [1.807, 2.05) is 16.3 Å². The first-order valence-electron chi connectivity index (χ1n) is 17.8. The standard InChI is InChI=1S/C37H42FN5O9S2/c1-22(2)34-40-27(20-53-34)35(48)43-15-16-50-37(21-43)10-13-42(14-11-37)19-23-3-5-26(38)24(17-23)9-12-39-18-29(45)25-4-6-28(44)32-33(25)54(36(49)41-32)51-30(46)7-8-31(47)52-54/h3-8,17,20,22,29,39,44-45H,9-16,18-19,21H2,1-2H3,(H,41,49)/t29-/m0/s1. The molecule has 14 nitrogen and oxygen atoms in total. The predicted octanol–water partition coefficient (Wildman–Crippen LogP) is 4.68. The lowest BCUT2D eigenvalue weighted by Gasteiger charge is -2.47. The number of rotatable bonds is 10. The molecule has 4 N–H and O–H groups in total. The van der Waals surface area contributed by atoms with Gasteiger partial charge >= 0.3 is 17.2 Å². The number of morpholine rings is 1. The molecule has 0 saturated carbocycles. The number of carbonyl (C=O) groups excluding carboxylic acids is 4. The van der Waals surface area contributed by atoms with Gasteiger partial charge in [0.1, 0.15) is 27.8 Å². The number of aromatic hydroxyl groups is 1. The van der Waals surface area contributed by atoms with E-state index < -0.39 is 39.5 Å². The fraction of sp³-hybridized carbons (Fsp3) is 0.432. The quantitative estimate of drug-likeness (QED) is 0.165. The van der Waals surface area contributed by atoms with Crippen molar-refractivity contribution in [1.82, 2.24) is 20.1 Å². The average Bonchev–Trinajstić information content (AvgIpc) is 3.71. The highest BCUT2D eigenvalue weighted by molar-refractivity contribution is 8.39. The number of thiazole rings is 1. The minimum absolute atomic E-state index is 0.0498. The molecule has 2 aromatic carbocycles. The molecule has 1 aromatic heterocycles. The largest absolute Gasteiger partial charge is 0.506 e. The van der Waals surface area contributed by atoms with Crippen molar-refractivity contribution in [1.29, 1.82) is 0 Å². The zero-order valence-corrected chi connectivity index (χ0v) is 31.5. The maximum atomic E-state index is 14.9. The van der Waals surface area contributed by atoms with Crippen LogP contribution in [0, 0.1) is 5.82 Å². The molecule has 17 heteroatoms. The van der Waals surface area contributed by atoms with Crippen LogP contribution in [-0.2, 0) is 35.7 Å². The van der Waals surface area contributed by atoms with Gasteiger partial charge in [-0.15, -0.1) is 11.3 Å². The van der Waals surface area contributed by atoms with Gasteiger partial charge in [0.2, 0.25) is 0 Å². The Morgan fingerprint density at radius 1 is 1.11 bits per heavy atom. The molecule has 2 amide bonds. The van der Waals surface area contributed by atoms with Gasteiger partial charge in [0.05, 0.1) is 29.9 Å². The summed E-state index contributed by atoms with van der Waals surface area (Å²) in [6.45, 7) is 8.08. The molecule has 0 radical (unpaired) electrons. The summed E-state index contributed by atoms with van der Waals surface area (Å²) in [4.78, 5) is 59.5. The van der Waals surface area contributed by atoms with Gasteiger partial charge in [-0.1, -0.05) is 32.0 Å². The number of carbonyl (C=O) groups is 4. The topological polar surface area (TPSA) is 180 Å². The number of halogens is 1. The molecule has 288 valence electrons. The Hall–Kier alpha value is -4.39. The summed E-state index contributed by atoms with van der Waals surface area (Å²) in [5, 5.41) is 29.0. The zero-order valence-electron chi connectivity index (χ0n) is 29.8. The number of aliphatic hydroxyl groups excluding tert-OH is 1. The van der Waals surface area contributed by atoms with Gasteiger partial charge in [-0.3, -0.25) is 9.69 Å². The summed E-state index contributed by atoms with van der Waals surface area (Å²) >= 11 is 1.52. The van der Waals surface area contributed by atoms with Gasteiger partial charge in [0, 0.05) is 72.3 Å². The number of hydrogen-bond acceptors (Lipinski definition) is 13. The summed E-state index contributed by atoms with van der Waals surface area (Å²) in [7, 11) is -3.69. The first kappa shape index (κ1) is 37.9. The number of amides is 2. The fourth-order valence-corrected chi connectivity index (χ4v) is 10.2. The van der Waals surface area contributed by atoms with E-state index in [1.54, 1.807) is 6.07 Å². The molecule has 1 atom stereocenters. The number of anilines is 1. The van der Waals surface area contributed by atoms with Crippen molar-refractivity contribution in [3.63, 3.8) is 0 Å². The number of phenols is 1. The van der Waals surface area contributed by atoms with Crippen LogP contribution in [0.5, 0.6) is 5.75 Å². The second-order valence-corrected chi connectivity index (χ2v) is 17.1. The second kappa shape index (κ2) is 15.4. The van der Waals surface area contributed by atoms with Crippen molar-refractivity contribution >= 4 is 50.7 Å². The smallest absolute Gasteiger partial charge is 0.361 e. The lowest BCUT2D eigenvalue weighted by molar-refractivity contribution is -0.129. The van der Waals surface area contributed by atoms with Crippen LogP contribution in [0.3, 0.4) is 0 Å². The minimum atomic E-state index is -3.69. The molecule has 4 aliphatic heterocycles. The molecule has 2 saturated heterocycles. The number of phenolic OH excluding ortho intramolecular Hbond substituents is 1. The van der Waals surface area contributed by atoms with Gasteiger partial charge in [-0.25, -0.2) is 23.8 Å². The molecule has 2 spiro atoms. The highest BCUT2D eigenvalue weighted by Crippen LogP contribution is 2.69. The molecular formula is C37H42FN5O9S2. The first-order chi connectivity index (χ1) is 25.9. The van der Waals surface area contributed by atoms with Crippen LogP contribution in [0.15, 0.2) is 52.8 Å². The molecule has 4 aliphatic rings. The van der Waals surface area contributed by atoms with Crippen molar-refractivity contribution < 1.29 is 46.9 Å². The van der Waals surface area contributed by atoms with Gasteiger partial charge < -0.3 is 38.8 Å². The second-order valence-electron chi connectivity index (χ2n) is 14.1. The number of hydrogen-bond donors (Lipinski definition) is 4. The first-order valence-corrected chi connectivity index (χ1v) is 20.1. The predicted molar refractivity (Wildman–Crippen MR) is 198 cm³/mol. The molecular weight excluding hydrogens is 742 g/mol. The van der Waals surface area contributed by atoms with E-state index in [9.17, 15) is 33.8 Å². The van der Waals surface area contributed by atoms with Crippen LogP contribution in [0.4, 0.5) is 14.9 Å². The Morgan fingerprint density at radius 2 is 1.85 bits per heavy atom. The fourth-order valence-electron chi connectivity index (χ4n) is 7.12. The Kier molecular flexibility index (Phi) is 10.8. The van der Waals surface area contributed by atoms with E-state index in [-0.39, 0.29) is 46.1 Å². The number of aromatic nitrogens is 1. The number of fused-ring (bicyclic) bond motifs is 2. The Balaban J connectivity index is 0.929. The van der Waals surface area contributed by atoms with Gasteiger partial charge in [-0.05, 0) is 49.1 Å². The minimum Gasteiger partial charge on any atom is -0.506 e. The van der Waals surface area contributed by atoms with Gasteiger partial charge in [-0.2, -0.15) is 0 Å². The van der Waals surface area contributed by atoms with Crippen LogP contribution >= 0.6 is 21.9 Å². The molecule has 0 unspecified atom stereocenters. The molecule has 2 fully saturated rings.